The average molecular weight is 145 g/mol. The summed E-state index contributed by atoms with van der Waals surface area (Å²) in [7, 11) is -2.04. The van der Waals surface area contributed by atoms with Gasteiger partial charge in [-0.25, -0.2) is 0 Å². The fraction of sp³-hybridized carbons (Fsp3) is 1.00. The van der Waals surface area contributed by atoms with E-state index in [9.17, 15) is 4.80 Å². The SMILES string of the molecule is CC(C)(C)C[Si](C)(C)[O-]. The van der Waals surface area contributed by atoms with Gasteiger partial charge < -0.3 is 4.80 Å². The number of hydrogen-bond donors (Lipinski definition) is 0. The molecule has 0 heterocycles. The van der Waals surface area contributed by atoms with Crippen LogP contribution in [0.5, 0.6) is 0 Å². The molecule has 56 valence electrons. The molecular formula is C7H17OSi-. The van der Waals surface area contributed by atoms with Crippen molar-refractivity contribution in [2.24, 2.45) is 5.41 Å². The molecule has 0 radical (unpaired) electrons. The molecule has 0 aliphatic heterocycles. The van der Waals surface area contributed by atoms with E-state index in [-0.39, 0.29) is 5.41 Å². The van der Waals surface area contributed by atoms with Gasteiger partial charge in [-0.1, -0.05) is 48.2 Å². The van der Waals surface area contributed by atoms with E-state index in [1.807, 2.05) is 13.1 Å². The highest BCUT2D eigenvalue weighted by atomic mass is 28.4. The maximum absolute atomic E-state index is 11.3. The highest BCUT2D eigenvalue weighted by Crippen LogP contribution is 2.23. The first-order chi connectivity index (χ1) is 3.71. The zero-order valence-corrected chi connectivity index (χ0v) is 8.12. The van der Waals surface area contributed by atoms with Crippen LogP contribution in [0.25, 0.3) is 0 Å². The molecule has 0 rings (SSSR count). The molecular weight excluding hydrogens is 128 g/mol. The van der Waals surface area contributed by atoms with Gasteiger partial charge >= 0.3 is 0 Å². The van der Waals surface area contributed by atoms with Crippen LogP contribution in [0.15, 0.2) is 0 Å². The van der Waals surface area contributed by atoms with Gasteiger partial charge in [-0.15, -0.1) is 0 Å². The normalized spacial score (nSPS) is 14.0. The van der Waals surface area contributed by atoms with Crippen LogP contribution in [0.2, 0.25) is 19.1 Å². The Hall–Kier alpha value is 0.177. The number of hydrogen-bond acceptors (Lipinski definition) is 1. The van der Waals surface area contributed by atoms with Crippen LogP contribution in [-0.2, 0) is 0 Å². The van der Waals surface area contributed by atoms with E-state index in [1.54, 1.807) is 0 Å². The van der Waals surface area contributed by atoms with Crippen LogP contribution < -0.4 is 4.80 Å². The van der Waals surface area contributed by atoms with Gasteiger partial charge in [0.15, 0.2) is 0 Å². The fourth-order valence-electron chi connectivity index (χ4n) is 1.28. The molecule has 0 aliphatic rings. The first kappa shape index (κ1) is 9.18. The Morgan fingerprint density at radius 3 is 1.56 bits per heavy atom. The Morgan fingerprint density at radius 2 is 1.56 bits per heavy atom. The number of rotatable bonds is 1. The van der Waals surface area contributed by atoms with Crippen LogP contribution in [0.1, 0.15) is 20.8 Å². The van der Waals surface area contributed by atoms with Crippen molar-refractivity contribution in [3.8, 4) is 0 Å². The maximum atomic E-state index is 11.3. The Labute approximate surface area is 59.2 Å². The molecule has 1 nitrogen and oxygen atoms in total. The molecule has 0 saturated heterocycles. The lowest BCUT2D eigenvalue weighted by molar-refractivity contribution is -0.207. The van der Waals surface area contributed by atoms with Gasteiger partial charge in [-0.3, -0.25) is 0 Å². The topological polar surface area (TPSA) is 23.1 Å². The summed E-state index contributed by atoms with van der Waals surface area (Å²) in [6, 6.07) is 0.875. The molecule has 0 spiro atoms. The van der Waals surface area contributed by atoms with E-state index in [0.717, 1.165) is 6.04 Å². The zero-order chi connectivity index (χ0) is 7.71. The first-order valence-corrected chi connectivity index (χ1v) is 6.53. The molecule has 0 aliphatic carbocycles. The van der Waals surface area contributed by atoms with Gasteiger partial charge in [0.2, 0.25) is 0 Å². The minimum Gasteiger partial charge on any atom is -0.859 e. The van der Waals surface area contributed by atoms with Crippen LogP contribution in [0.4, 0.5) is 0 Å². The summed E-state index contributed by atoms with van der Waals surface area (Å²) >= 11 is 0. The molecule has 0 aromatic heterocycles. The van der Waals surface area contributed by atoms with Crippen LogP contribution >= 0.6 is 0 Å². The molecule has 0 aromatic carbocycles. The molecule has 0 aromatic rings. The Bertz CT molecular complexity index is 74.1. The second-order valence-corrected chi connectivity index (χ2v) is 8.37. The summed E-state index contributed by atoms with van der Waals surface area (Å²) in [5.74, 6) is 0. The summed E-state index contributed by atoms with van der Waals surface area (Å²) in [5.41, 5.74) is 0.234. The smallest absolute Gasteiger partial charge is 0.0418 e. The first-order valence-electron chi connectivity index (χ1n) is 3.41. The second-order valence-electron chi connectivity index (χ2n) is 4.50. The van der Waals surface area contributed by atoms with Crippen LogP contribution in [0.3, 0.4) is 0 Å². The monoisotopic (exact) mass is 145 g/mol. The van der Waals surface area contributed by atoms with E-state index in [2.05, 4.69) is 20.8 Å². The molecule has 0 bridgehead atoms. The van der Waals surface area contributed by atoms with Crippen molar-refractivity contribution >= 4 is 8.32 Å². The van der Waals surface area contributed by atoms with Gasteiger partial charge in [0.1, 0.15) is 0 Å². The van der Waals surface area contributed by atoms with Gasteiger partial charge in [0.05, 0.1) is 0 Å². The second kappa shape index (κ2) is 2.43. The van der Waals surface area contributed by atoms with Crippen molar-refractivity contribution in [3.63, 3.8) is 0 Å². The summed E-state index contributed by atoms with van der Waals surface area (Å²) in [6.45, 7) is 10.1. The van der Waals surface area contributed by atoms with Crippen LogP contribution in [-0.4, -0.2) is 8.32 Å². The molecule has 0 unspecified atom stereocenters. The van der Waals surface area contributed by atoms with E-state index < -0.39 is 8.32 Å². The Morgan fingerprint density at radius 1 is 1.22 bits per heavy atom. The van der Waals surface area contributed by atoms with E-state index in [1.165, 1.54) is 0 Å². The average Bonchev–Trinajstić information content (AvgIpc) is 1.14. The molecule has 2 heteroatoms. The predicted molar refractivity (Wildman–Crippen MR) is 41.7 cm³/mol. The third-order valence-electron chi connectivity index (χ3n) is 0.956. The van der Waals surface area contributed by atoms with Gasteiger partial charge in [-0.2, -0.15) is 0 Å². The maximum Gasteiger partial charge on any atom is -0.0418 e. The van der Waals surface area contributed by atoms with Gasteiger partial charge in [0.25, 0.3) is 0 Å². The van der Waals surface area contributed by atoms with Crippen molar-refractivity contribution < 1.29 is 4.80 Å². The molecule has 9 heavy (non-hydrogen) atoms. The van der Waals surface area contributed by atoms with Gasteiger partial charge in [-0.05, 0) is 5.41 Å². The summed E-state index contributed by atoms with van der Waals surface area (Å²) in [5, 5.41) is 0. The third kappa shape index (κ3) is 8.18. The molecule has 0 saturated carbocycles. The van der Waals surface area contributed by atoms with E-state index in [4.69, 9.17) is 0 Å². The minimum absolute atomic E-state index is 0.234. The Kier molecular flexibility index (Phi) is 2.47. The summed E-state index contributed by atoms with van der Waals surface area (Å²) in [4.78, 5) is 11.3. The van der Waals surface area contributed by atoms with Crippen molar-refractivity contribution in [1.82, 2.24) is 0 Å². The lowest BCUT2D eigenvalue weighted by atomic mass is 10.0. The zero-order valence-electron chi connectivity index (χ0n) is 7.12. The minimum atomic E-state index is -2.04. The Balaban J connectivity index is 3.75. The summed E-state index contributed by atoms with van der Waals surface area (Å²) in [6.07, 6.45) is 0. The van der Waals surface area contributed by atoms with Crippen LogP contribution in [0, 0.1) is 5.41 Å². The van der Waals surface area contributed by atoms with Crippen molar-refractivity contribution in [3.05, 3.63) is 0 Å². The van der Waals surface area contributed by atoms with E-state index >= 15 is 0 Å². The molecule has 0 fully saturated rings. The standard InChI is InChI=1S/C7H17OSi/c1-7(2,3)6-9(4,5)8/h6H2,1-5H3/q-1. The van der Waals surface area contributed by atoms with E-state index in [0.29, 0.717) is 0 Å². The van der Waals surface area contributed by atoms with Crippen molar-refractivity contribution in [1.29, 1.82) is 0 Å². The third-order valence-corrected chi connectivity index (χ3v) is 2.87. The molecule has 0 atom stereocenters. The lowest BCUT2D eigenvalue weighted by Gasteiger charge is -2.36. The fourth-order valence-corrected chi connectivity index (χ4v) is 3.83. The molecule has 0 amide bonds. The van der Waals surface area contributed by atoms with Crippen molar-refractivity contribution in [2.45, 2.75) is 39.9 Å². The van der Waals surface area contributed by atoms with Crippen molar-refractivity contribution in [2.75, 3.05) is 0 Å². The lowest BCUT2D eigenvalue weighted by Crippen LogP contribution is -2.45. The highest BCUT2D eigenvalue weighted by molar-refractivity contribution is 6.68. The van der Waals surface area contributed by atoms with Gasteiger partial charge in [0, 0.05) is 0 Å². The molecule has 0 N–H and O–H groups in total. The highest BCUT2D eigenvalue weighted by Gasteiger charge is 2.16. The summed E-state index contributed by atoms with van der Waals surface area (Å²) < 4.78 is 0. The quantitative estimate of drug-likeness (QED) is 0.514. The largest absolute Gasteiger partial charge is 0.859 e. The predicted octanol–water partition coefficient (Wildman–Crippen LogP) is 1.60.